The number of carboxylic acid groups (broad SMARTS) is 1. The van der Waals surface area contributed by atoms with Crippen molar-refractivity contribution in [1.82, 2.24) is 4.90 Å². The number of ether oxygens (including phenoxy) is 1. The van der Waals surface area contributed by atoms with Crippen LogP contribution in [0, 0.1) is 5.41 Å². The van der Waals surface area contributed by atoms with Crippen LogP contribution in [0.15, 0.2) is 54.6 Å². The van der Waals surface area contributed by atoms with Crippen LogP contribution in [-0.4, -0.2) is 42.1 Å². The Labute approximate surface area is 172 Å². The minimum Gasteiger partial charge on any atom is -0.496 e. The minimum absolute atomic E-state index is 0.0513. The van der Waals surface area contributed by atoms with Crippen molar-refractivity contribution in [3.8, 4) is 5.75 Å². The molecule has 3 rings (SSSR count). The molecule has 1 saturated heterocycles. The summed E-state index contributed by atoms with van der Waals surface area (Å²) in [6.45, 7) is 4.76. The van der Waals surface area contributed by atoms with Crippen molar-refractivity contribution < 1.29 is 19.4 Å². The average Bonchev–Trinajstić information content (AvgIpc) is 2.74. The Morgan fingerprint density at radius 1 is 1.03 bits per heavy atom. The zero-order chi connectivity index (χ0) is 21.1. The van der Waals surface area contributed by atoms with Crippen molar-refractivity contribution in [2.24, 2.45) is 5.41 Å². The maximum absolute atomic E-state index is 13.3. The lowest BCUT2D eigenvalue weighted by atomic mass is 9.72. The average molecular weight is 395 g/mol. The number of hydrogen-bond acceptors (Lipinski definition) is 3. The summed E-state index contributed by atoms with van der Waals surface area (Å²) in [6.07, 6.45) is 1.40. The van der Waals surface area contributed by atoms with Gasteiger partial charge in [0.15, 0.2) is 0 Å². The smallest absolute Gasteiger partial charge is 0.314 e. The van der Waals surface area contributed by atoms with Crippen LogP contribution in [0.25, 0.3) is 0 Å². The van der Waals surface area contributed by atoms with Gasteiger partial charge in [-0.1, -0.05) is 62.4 Å². The number of amides is 1. The molecule has 29 heavy (non-hydrogen) atoms. The van der Waals surface area contributed by atoms with Crippen molar-refractivity contribution in [3.05, 3.63) is 65.7 Å². The zero-order valence-electron chi connectivity index (χ0n) is 17.4. The predicted molar refractivity (Wildman–Crippen MR) is 112 cm³/mol. The Balaban J connectivity index is 1.74. The van der Waals surface area contributed by atoms with Gasteiger partial charge in [-0.2, -0.15) is 0 Å². The largest absolute Gasteiger partial charge is 0.496 e. The van der Waals surface area contributed by atoms with E-state index in [1.807, 2.05) is 73.3 Å². The summed E-state index contributed by atoms with van der Waals surface area (Å²) in [5.74, 6) is 0.0144. The third-order valence-corrected chi connectivity index (χ3v) is 6.04. The Bertz CT molecular complexity index is 867. The van der Waals surface area contributed by atoms with E-state index in [0.717, 1.165) is 16.9 Å². The number of benzene rings is 2. The summed E-state index contributed by atoms with van der Waals surface area (Å²) in [5, 5.41) is 9.96. The molecule has 2 aromatic carbocycles. The Morgan fingerprint density at radius 3 is 2.21 bits per heavy atom. The number of likely N-dealkylation sites (tertiary alicyclic amines) is 1. The van der Waals surface area contributed by atoms with Gasteiger partial charge < -0.3 is 14.7 Å². The van der Waals surface area contributed by atoms with Gasteiger partial charge in [0.25, 0.3) is 0 Å². The first-order valence-electron chi connectivity index (χ1n) is 10.0. The number of methoxy groups -OCH3 is 1. The molecule has 1 aliphatic heterocycles. The monoisotopic (exact) mass is 395 g/mol. The van der Waals surface area contributed by atoms with Crippen molar-refractivity contribution >= 4 is 11.9 Å². The van der Waals surface area contributed by atoms with E-state index < -0.39 is 16.8 Å². The number of carbonyl (C=O) groups excluding carboxylic acids is 1. The van der Waals surface area contributed by atoms with Gasteiger partial charge in [-0.25, -0.2) is 0 Å². The Morgan fingerprint density at radius 2 is 1.62 bits per heavy atom. The molecule has 0 atom stereocenters. The Kier molecular flexibility index (Phi) is 5.96. The van der Waals surface area contributed by atoms with Crippen LogP contribution in [-0.2, 0) is 21.4 Å². The fraction of sp³-hybridized carbons (Fsp3) is 0.417. The maximum Gasteiger partial charge on any atom is 0.314 e. The number of carboxylic acids is 1. The molecule has 0 saturated carbocycles. The summed E-state index contributed by atoms with van der Waals surface area (Å²) in [6, 6.07) is 17.1. The molecule has 1 amide bonds. The van der Waals surface area contributed by atoms with E-state index in [-0.39, 0.29) is 5.91 Å². The number of hydrogen-bond donors (Lipinski definition) is 1. The van der Waals surface area contributed by atoms with Gasteiger partial charge in [0, 0.05) is 18.5 Å². The van der Waals surface area contributed by atoms with Gasteiger partial charge >= 0.3 is 5.97 Å². The molecule has 1 N–H and O–H groups in total. The molecule has 5 nitrogen and oxygen atoms in total. The van der Waals surface area contributed by atoms with Crippen molar-refractivity contribution in [2.75, 3.05) is 20.2 Å². The van der Waals surface area contributed by atoms with E-state index in [2.05, 4.69) is 0 Å². The van der Waals surface area contributed by atoms with Crippen LogP contribution in [0.3, 0.4) is 0 Å². The highest BCUT2D eigenvalue weighted by Crippen LogP contribution is 2.38. The van der Waals surface area contributed by atoms with E-state index in [4.69, 9.17) is 4.74 Å². The second-order valence-corrected chi connectivity index (χ2v) is 8.42. The van der Waals surface area contributed by atoms with E-state index in [1.165, 1.54) is 0 Å². The van der Waals surface area contributed by atoms with Crippen LogP contribution in [0.2, 0.25) is 0 Å². The fourth-order valence-corrected chi connectivity index (χ4v) is 4.30. The number of aliphatic carboxylic acids is 1. The van der Waals surface area contributed by atoms with Crippen LogP contribution in [0.4, 0.5) is 0 Å². The first-order valence-corrected chi connectivity index (χ1v) is 10.0. The molecule has 2 aromatic rings. The molecule has 0 radical (unpaired) electrons. The quantitative estimate of drug-likeness (QED) is 0.805. The van der Waals surface area contributed by atoms with Crippen LogP contribution in [0.1, 0.15) is 37.8 Å². The third-order valence-electron chi connectivity index (χ3n) is 6.04. The van der Waals surface area contributed by atoms with Crippen molar-refractivity contribution in [2.45, 2.75) is 38.5 Å². The standard InChI is InChI=1S/C24H29NO4/c1-23(2,17-18-9-7-8-12-20(18)29-3)21(26)25-15-13-24(14-16-25,22(27)28)19-10-5-4-6-11-19/h4-12H,13-17H2,1-3H3,(H,27,28). The van der Waals surface area contributed by atoms with Gasteiger partial charge in [0.2, 0.25) is 5.91 Å². The molecule has 1 aliphatic rings. The number of nitrogens with zero attached hydrogens (tertiary/aromatic N) is 1. The number of rotatable bonds is 6. The first-order chi connectivity index (χ1) is 13.8. The normalized spacial score (nSPS) is 16.3. The number of piperidine rings is 1. The highest BCUT2D eigenvalue weighted by atomic mass is 16.5. The van der Waals surface area contributed by atoms with Gasteiger partial charge in [-0.3, -0.25) is 9.59 Å². The maximum atomic E-state index is 13.3. The van der Waals surface area contributed by atoms with Gasteiger partial charge in [-0.05, 0) is 36.5 Å². The number of para-hydroxylation sites is 1. The zero-order valence-corrected chi connectivity index (χ0v) is 17.4. The molecule has 0 aliphatic carbocycles. The SMILES string of the molecule is COc1ccccc1CC(C)(C)C(=O)N1CCC(C(=O)O)(c2ccccc2)CC1. The summed E-state index contributed by atoms with van der Waals surface area (Å²) >= 11 is 0. The van der Waals surface area contributed by atoms with Gasteiger partial charge in [0.1, 0.15) is 5.75 Å². The summed E-state index contributed by atoms with van der Waals surface area (Å²) in [4.78, 5) is 27.2. The highest BCUT2D eigenvalue weighted by Gasteiger charge is 2.45. The minimum atomic E-state index is -0.926. The Hall–Kier alpha value is -2.82. The van der Waals surface area contributed by atoms with Gasteiger partial charge in [0.05, 0.1) is 12.5 Å². The lowest BCUT2D eigenvalue weighted by Gasteiger charge is -2.41. The van der Waals surface area contributed by atoms with E-state index in [9.17, 15) is 14.7 Å². The molecule has 5 heteroatoms. The van der Waals surface area contributed by atoms with Crippen molar-refractivity contribution in [3.63, 3.8) is 0 Å². The molecule has 0 unspecified atom stereocenters. The number of carbonyl (C=O) groups is 2. The van der Waals surface area contributed by atoms with E-state index >= 15 is 0 Å². The topological polar surface area (TPSA) is 66.8 Å². The highest BCUT2D eigenvalue weighted by molar-refractivity contribution is 5.85. The molecule has 0 spiro atoms. The van der Waals surface area contributed by atoms with Crippen LogP contribution < -0.4 is 4.74 Å². The van der Waals surface area contributed by atoms with Crippen LogP contribution in [0.5, 0.6) is 5.75 Å². The van der Waals surface area contributed by atoms with Crippen molar-refractivity contribution in [1.29, 1.82) is 0 Å². The fourth-order valence-electron chi connectivity index (χ4n) is 4.30. The predicted octanol–water partition coefficient (Wildman–Crippen LogP) is 3.91. The second kappa shape index (κ2) is 8.27. The molecule has 154 valence electrons. The second-order valence-electron chi connectivity index (χ2n) is 8.42. The lowest BCUT2D eigenvalue weighted by molar-refractivity contribution is -0.150. The summed E-state index contributed by atoms with van der Waals surface area (Å²) in [5.41, 5.74) is 0.275. The summed E-state index contributed by atoms with van der Waals surface area (Å²) < 4.78 is 5.43. The lowest BCUT2D eigenvalue weighted by Crippen LogP contribution is -2.52. The molecule has 0 bridgehead atoms. The molecule has 1 fully saturated rings. The summed E-state index contributed by atoms with van der Waals surface area (Å²) in [7, 11) is 1.63. The molecular formula is C24H29NO4. The first kappa shape index (κ1) is 20.9. The molecule has 1 heterocycles. The van der Waals surface area contributed by atoms with E-state index in [1.54, 1.807) is 7.11 Å². The van der Waals surface area contributed by atoms with E-state index in [0.29, 0.717) is 32.4 Å². The van der Waals surface area contributed by atoms with Crippen LogP contribution >= 0.6 is 0 Å². The third kappa shape index (κ3) is 4.14. The molecule has 0 aromatic heterocycles. The molecular weight excluding hydrogens is 366 g/mol. The van der Waals surface area contributed by atoms with Gasteiger partial charge in [-0.15, -0.1) is 0 Å².